The Morgan fingerprint density at radius 3 is 2.23 bits per heavy atom. The molecule has 1 fully saturated rings. The number of aliphatic hydroxyl groups is 1. The highest BCUT2D eigenvalue weighted by molar-refractivity contribution is 6.02. The van der Waals surface area contributed by atoms with Gasteiger partial charge in [0.1, 0.15) is 11.7 Å². The molecule has 0 aromatic heterocycles. The van der Waals surface area contributed by atoms with Crippen molar-refractivity contribution in [2.45, 2.75) is 52.6 Å². The fourth-order valence-electron chi connectivity index (χ4n) is 3.94. The van der Waals surface area contributed by atoms with Crippen LogP contribution in [0.25, 0.3) is 0 Å². The van der Waals surface area contributed by atoms with Gasteiger partial charge in [-0.1, -0.05) is 39.8 Å². The lowest BCUT2D eigenvalue weighted by molar-refractivity contribution is -0.173. The van der Waals surface area contributed by atoms with E-state index in [1.54, 1.807) is 24.3 Å². The van der Waals surface area contributed by atoms with Gasteiger partial charge >= 0.3 is 11.9 Å². The van der Waals surface area contributed by atoms with E-state index in [0.29, 0.717) is 11.3 Å². The molecular weight excluding hydrogens is 400 g/mol. The average Bonchev–Trinajstić information content (AvgIpc) is 2.69. The number of rotatable bonds is 8. The lowest BCUT2D eigenvalue weighted by Gasteiger charge is -2.43. The molecule has 1 aromatic carbocycles. The number of Topliss-reactive ketones (excluding diaryl/α,β-unsaturated/α-hetero) is 1. The second-order valence-electron chi connectivity index (χ2n) is 9.31. The van der Waals surface area contributed by atoms with Crippen LogP contribution in [0.1, 0.15) is 52.5 Å². The van der Waals surface area contributed by atoms with Gasteiger partial charge in [0.25, 0.3) is 0 Å². The summed E-state index contributed by atoms with van der Waals surface area (Å²) in [6, 6.07) is 6.83. The first-order valence-corrected chi connectivity index (χ1v) is 10.7. The number of carbonyl (C=O) groups is 3. The van der Waals surface area contributed by atoms with Crippen molar-refractivity contribution in [3.05, 3.63) is 29.8 Å². The smallest absolute Gasteiger partial charge is 0.317 e. The van der Waals surface area contributed by atoms with E-state index in [4.69, 9.17) is 14.2 Å². The summed E-state index contributed by atoms with van der Waals surface area (Å²) in [6.45, 7) is 9.37. The molecular formula is C24H34O7. The van der Waals surface area contributed by atoms with E-state index in [1.807, 2.05) is 27.7 Å². The van der Waals surface area contributed by atoms with Crippen LogP contribution in [-0.2, 0) is 23.9 Å². The Hall–Kier alpha value is -2.41. The molecule has 1 aliphatic rings. The maximum absolute atomic E-state index is 13.1. The molecule has 4 atom stereocenters. The van der Waals surface area contributed by atoms with Crippen molar-refractivity contribution in [1.82, 2.24) is 0 Å². The van der Waals surface area contributed by atoms with E-state index in [2.05, 4.69) is 0 Å². The number of ether oxygens (including phenoxy) is 3. The maximum atomic E-state index is 13.1. The van der Waals surface area contributed by atoms with Gasteiger partial charge in [-0.25, -0.2) is 0 Å². The van der Waals surface area contributed by atoms with E-state index < -0.39 is 41.1 Å². The molecule has 1 aliphatic carbocycles. The molecule has 1 N–H and O–H groups in total. The third-order valence-electron chi connectivity index (χ3n) is 5.37. The highest BCUT2D eigenvalue weighted by Gasteiger charge is 2.57. The minimum Gasteiger partial charge on any atom is -0.497 e. The van der Waals surface area contributed by atoms with E-state index in [9.17, 15) is 19.5 Å². The molecule has 1 saturated carbocycles. The molecule has 7 heteroatoms. The first-order valence-electron chi connectivity index (χ1n) is 10.7. The highest BCUT2D eigenvalue weighted by Crippen LogP contribution is 2.47. The SMILES string of the molecule is COc1cccc([C@@H]2[C@H](C(=O)OCC(C)C)C(=O)C[C@@](C)(O)[C@H]2C(=O)OCC(C)C)c1. The van der Waals surface area contributed by atoms with E-state index in [0.717, 1.165) is 0 Å². The van der Waals surface area contributed by atoms with Gasteiger partial charge in [-0.3, -0.25) is 14.4 Å². The maximum Gasteiger partial charge on any atom is 0.317 e. The quantitative estimate of drug-likeness (QED) is 0.496. The zero-order valence-corrected chi connectivity index (χ0v) is 19.2. The van der Waals surface area contributed by atoms with Crippen molar-refractivity contribution >= 4 is 17.7 Å². The zero-order chi connectivity index (χ0) is 23.3. The molecule has 2 rings (SSSR count). The van der Waals surface area contributed by atoms with Crippen molar-refractivity contribution in [3.8, 4) is 5.75 Å². The summed E-state index contributed by atoms with van der Waals surface area (Å²) < 4.78 is 16.1. The summed E-state index contributed by atoms with van der Waals surface area (Å²) >= 11 is 0. The van der Waals surface area contributed by atoms with E-state index in [1.165, 1.54) is 14.0 Å². The largest absolute Gasteiger partial charge is 0.497 e. The van der Waals surface area contributed by atoms with Gasteiger partial charge in [-0.2, -0.15) is 0 Å². The number of hydrogen-bond acceptors (Lipinski definition) is 7. The molecule has 0 heterocycles. The molecule has 172 valence electrons. The van der Waals surface area contributed by atoms with Gasteiger partial charge in [-0.15, -0.1) is 0 Å². The number of carbonyl (C=O) groups excluding carboxylic acids is 3. The first-order chi connectivity index (χ1) is 14.5. The molecule has 0 aliphatic heterocycles. The average molecular weight is 435 g/mol. The molecule has 0 bridgehead atoms. The van der Waals surface area contributed by atoms with E-state index in [-0.39, 0.29) is 31.5 Å². The molecule has 0 radical (unpaired) electrons. The summed E-state index contributed by atoms with van der Waals surface area (Å²) in [5.41, 5.74) is -1.14. The molecule has 31 heavy (non-hydrogen) atoms. The van der Waals surface area contributed by atoms with Crippen LogP contribution in [-0.4, -0.2) is 48.8 Å². The van der Waals surface area contributed by atoms with Crippen molar-refractivity contribution in [1.29, 1.82) is 0 Å². The lowest BCUT2D eigenvalue weighted by atomic mass is 9.61. The molecule has 0 saturated heterocycles. The van der Waals surface area contributed by atoms with Crippen LogP contribution in [0.4, 0.5) is 0 Å². The van der Waals surface area contributed by atoms with Crippen LogP contribution in [0.5, 0.6) is 5.75 Å². The van der Waals surface area contributed by atoms with Crippen molar-refractivity contribution < 1.29 is 33.7 Å². The van der Waals surface area contributed by atoms with Gasteiger partial charge in [-0.05, 0) is 36.5 Å². The lowest BCUT2D eigenvalue weighted by Crippen LogP contribution is -2.55. The predicted molar refractivity (Wildman–Crippen MR) is 115 cm³/mol. The zero-order valence-electron chi connectivity index (χ0n) is 19.2. The van der Waals surface area contributed by atoms with Crippen molar-refractivity contribution in [2.75, 3.05) is 20.3 Å². The summed E-state index contributed by atoms with van der Waals surface area (Å²) in [6.07, 6.45) is -0.337. The van der Waals surface area contributed by atoms with Crippen LogP contribution in [0.15, 0.2) is 24.3 Å². The number of esters is 2. The molecule has 7 nitrogen and oxygen atoms in total. The minimum atomic E-state index is -1.67. The third-order valence-corrected chi connectivity index (χ3v) is 5.37. The fraction of sp³-hybridized carbons (Fsp3) is 0.625. The Balaban J connectivity index is 2.55. The monoisotopic (exact) mass is 434 g/mol. The molecule has 0 amide bonds. The first kappa shape index (κ1) is 24.9. The van der Waals surface area contributed by atoms with Crippen LogP contribution in [0.3, 0.4) is 0 Å². The highest BCUT2D eigenvalue weighted by atomic mass is 16.5. The third kappa shape index (κ3) is 6.06. The van der Waals surface area contributed by atoms with Gasteiger partial charge < -0.3 is 19.3 Å². The molecule has 0 spiro atoms. The second kappa shape index (κ2) is 10.3. The van der Waals surface area contributed by atoms with Gasteiger partial charge in [0.05, 0.1) is 31.8 Å². The summed E-state index contributed by atoms with van der Waals surface area (Å²) in [5, 5.41) is 11.1. The molecule has 1 aromatic rings. The summed E-state index contributed by atoms with van der Waals surface area (Å²) in [5.74, 6) is -4.36. The topological polar surface area (TPSA) is 99.1 Å². The Morgan fingerprint density at radius 2 is 1.68 bits per heavy atom. The summed E-state index contributed by atoms with van der Waals surface area (Å²) in [4.78, 5) is 39.1. The number of methoxy groups -OCH3 is 1. The van der Waals surface area contributed by atoms with Gasteiger partial charge in [0.2, 0.25) is 0 Å². The standard InChI is InChI=1S/C24H34O7/c1-14(2)12-30-22(26)20-18(25)11-24(5,28)21(23(27)31-13-15(3)4)19(20)16-8-7-9-17(10-16)29-6/h7-10,14-15,19-21,28H,11-13H2,1-6H3/t19-,20-,21-,24-/m1/s1. The Labute approximate surface area is 184 Å². The van der Waals surface area contributed by atoms with Crippen LogP contribution in [0, 0.1) is 23.7 Å². The normalized spacial score (nSPS) is 26.1. The molecule has 0 unspecified atom stereocenters. The summed E-state index contributed by atoms with van der Waals surface area (Å²) in [7, 11) is 1.50. The van der Waals surface area contributed by atoms with Crippen molar-refractivity contribution in [3.63, 3.8) is 0 Å². The van der Waals surface area contributed by atoms with Crippen molar-refractivity contribution in [2.24, 2.45) is 23.7 Å². The van der Waals surface area contributed by atoms with Crippen LogP contribution < -0.4 is 4.74 Å². The Kier molecular flexibility index (Phi) is 8.23. The van der Waals surface area contributed by atoms with Gasteiger partial charge in [0.15, 0.2) is 5.78 Å². The van der Waals surface area contributed by atoms with Crippen LogP contribution in [0.2, 0.25) is 0 Å². The minimum absolute atomic E-state index is 0.0906. The predicted octanol–water partition coefficient (Wildman–Crippen LogP) is 3.13. The Morgan fingerprint density at radius 1 is 1.10 bits per heavy atom. The van der Waals surface area contributed by atoms with E-state index >= 15 is 0 Å². The van der Waals surface area contributed by atoms with Crippen LogP contribution >= 0.6 is 0 Å². The number of hydrogen-bond donors (Lipinski definition) is 1. The number of benzene rings is 1. The number of ketones is 1. The fourth-order valence-corrected chi connectivity index (χ4v) is 3.94. The Bertz CT molecular complexity index is 797. The second-order valence-corrected chi connectivity index (χ2v) is 9.31. The van der Waals surface area contributed by atoms with Gasteiger partial charge in [0, 0.05) is 12.3 Å².